The molecule has 148 valence electrons. The molecule has 1 saturated heterocycles. The maximum Gasteiger partial charge on any atom is 0.226 e. The van der Waals surface area contributed by atoms with Crippen molar-refractivity contribution in [3.63, 3.8) is 0 Å². The number of benzene rings is 2. The molecule has 27 heavy (non-hydrogen) atoms. The predicted octanol–water partition coefficient (Wildman–Crippen LogP) is 3.53. The van der Waals surface area contributed by atoms with E-state index in [9.17, 15) is 9.18 Å². The average Bonchev–Trinajstić information content (AvgIpc) is 2.62. The second-order valence-electron chi connectivity index (χ2n) is 6.07. The van der Waals surface area contributed by atoms with Gasteiger partial charge in [-0.25, -0.2) is 4.39 Å². The molecule has 5 nitrogen and oxygen atoms in total. The van der Waals surface area contributed by atoms with E-state index in [-0.39, 0.29) is 43.0 Å². The van der Waals surface area contributed by atoms with Crippen LogP contribution in [0.5, 0.6) is 0 Å². The molecule has 1 atom stereocenters. The smallest absolute Gasteiger partial charge is 0.226 e. The fourth-order valence-corrected chi connectivity index (χ4v) is 2.88. The third-order valence-corrected chi connectivity index (χ3v) is 4.18. The van der Waals surface area contributed by atoms with Crippen LogP contribution in [0.1, 0.15) is 18.0 Å². The summed E-state index contributed by atoms with van der Waals surface area (Å²) in [6.07, 6.45) is 0.132. The molecule has 2 aromatic carbocycles. The summed E-state index contributed by atoms with van der Waals surface area (Å²) in [6.45, 7) is 2.64. The Morgan fingerprint density at radius 3 is 2.48 bits per heavy atom. The number of nitrogens with one attached hydrogen (secondary N) is 1. The predicted molar refractivity (Wildman–Crippen MR) is 111 cm³/mol. The zero-order chi connectivity index (χ0) is 17.6. The second kappa shape index (κ2) is 11.1. The van der Waals surface area contributed by atoms with E-state index in [0.29, 0.717) is 32.0 Å². The summed E-state index contributed by atoms with van der Waals surface area (Å²) >= 11 is 0. The van der Waals surface area contributed by atoms with Gasteiger partial charge in [-0.3, -0.25) is 4.79 Å². The average molecular weight is 416 g/mol. The maximum atomic E-state index is 13.9. The summed E-state index contributed by atoms with van der Waals surface area (Å²) < 4.78 is 19.2. The highest BCUT2D eigenvalue weighted by atomic mass is 35.5. The summed E-state index contributed by atoms with van der Waals surface area (Å²) in [5.41, 5.74) is 8.14. The second-order valence-corrected chi connectivity index (χ2v) is 6.07. The summed E-state index contributed by atoms with van der Waals surface area (Å²) in [5, 5.41) is 2.75. The highest BCUT2D eigenvalue weighted by Gasteiger charge is 2.15. The Morgan fingerprint density at radius 2 is 1.81 bits per heavy atom. The van der Waals surface area contributed by atoms with Crippen molar-refractivity contribution in [3.8, 4) is 0 Å². The van der Waals surface area contributed by atoms with Gasteiger partial charge in [0.1, 0.15) is 5.82 Å². The van der Waals surface area contributed by atoms with Crippen LogP contribution in [0.2, 0.25) is 0 Å². The Morgan fingerprint density at radius 1 is 1.15 bits per heavy atom. The number of nitrogens with two attached hydrogens (primary N) is 1. The first kappa shape index (κ1) is 23.2. The van der Waals surface area contributed by atoms with Gasteiger partial charge in [0.05, 0.1) is 13.2 Å². The first-order valence-corrected chi connectivity index (χ1v) is 8.35. The molecule has 1 amide bonds. The molecule has 0 bridgehead atoms. The van der Waals surface area contributed by atoms with Gasteiger partial charge in [-0.15, -0.1) is 24.8 Å². The topological polar surface area (TPSA) is 67.6 Å². The fraction of sp³-hybridized carbons (Fsp3) is 0.316. The van der Waals surface area contributed by atoms with E-state index < -0.39 is 6.04 Å². The van der Waals surface area contributed by atoms with Gasteiger partial charge in [0, 0.05) is 36.9 Å². The van der Waals surface area contributed by atoms with Gasteiger partial charge in [0.15, 0.2) is 0 Å². The summed E-state index contributed by atoms with van der Waals surface area (Å²) in [4.78, 5) is 14.3. The van der Waals surface area contributed by atoms with Gasteiger partial charge >= 0.3 is 0 Å². The van der Waals surface area contributed by atoms with Crippen molar-refractivity contribution in [2.24, 2.45) is 5.73 Å². The van der Waals surface area contributed by atoms with Crippen molar-refractivity contribution in [3.05, 3.63) is 59.9 Å². The van der Waals surface area contributed by atoms with Crippen LogP contribution in [0.3, 0.4) is 0 Å². The number of carbonyl (C=O) groups is 1. The van der Waals surface area contributed by atoms with Crippen molar-refractivity contribution < 1.29 is 13.9 Å². The van der Waals surface area contributed by atoms with Crippen molar-refractivity contribution in [1.29, 1.82) is 0 Å². The van der Waals surface area contributed by atoms with Crippen LogP contribution in [0.4, 0.5) is 15.8 Å². The molecule has 8 heteroatoms. The maximum absolute atomic E-state index is 13.9. The molecule has 0 aliphatic carbocycles. The third-order valence-electron chi connectivity index (χ3n) is 4.18. The zero-order valence-electron chi connectivity index (χ0n) is 14.8. The number of rotatable bonds is 5. The largest absolute Gasteiger partial charge is 0.378 e. The lowest BCUT2D eigenvalue weighted by atomic mass is 10.0. The minimum atomic E-state index is -0.395. The first-order valence-electron chi connectivity index (χ1n) is 8.35. The first-order chi connectivity index (χ1) is 12.1. The number of hydrogen-bond acceptors (Lipinski definition) is 4. The van der Waals surface area contributed by atoms with Crippen LogP contribution in [-0.4, -0.2) is 32.2 Å². The number of amides is 1. The number of nitrogens with zero attached hydrogens (tertiary/aromatic N) is 1. The lowest BCUT2D eigenvalue weighted by Crippen LogP contribution is -2.36. The molecule has 1 heterocycles. The standard InChI is InChI=1S/C19H22FN3O2.2ClH/c20-15-10-16(12-17(11-15)23-6-8-25-9-7-23)22-19(24)13-18(21)14-4-2-1-3-5-14;;/h1-5,10-12,18H,6-9,13,21H2,(H,22,24);2*1H. The fourth-order valence-electron chi connectivity index (χ4n) is 2.88. The molecule has 0 spiro atoms. The molecule has 1 fully saturated rings. The molecule has 3 rings (SSSR count). The summed E-state index contributed by atoms with van der Waals surface area (Å²) in [6, 6.07) is 13.6. The minimum absolute atomic E-state index is 0. The van der Waals surface area contributed by atoms with Crippen LogP contribution in [-0.2, 0) is 9.53 Å². The lowest BCUT2D eigenvalue weighted by molar-refractivity contribution is -0.116. The van der Waals surface area contributed by atoms with Gasteiger partial charge in [0.2, 0.25) is 5.91 Å². The highest BCUT2D eigenvalue weighted by molar-refractivity contribution is 5.91. The van der Waals surface area contributed by atoms with Gasteiger partial charge in [-0.2, -0.15) is 0 Å². The summed E-state index contributed by atoms with van der Waals surface area (Å²) in [7, 11) is 0. The number of anilines is 2. The van der Waals surface area contributed by atoms with E-state index in [1.54, 1.807) is 6.07 Å². The quantitative estimate of drug-likeness (QED) is 0.783. The van der Waals surface area contributed by atoms with E-state index in [2.05, 4.69) is 5.32 Å². The van der Waals surface area contributed by atoms with Crippen molar-refractivity contribution in [1.82, 2.24) is 0 Å². The van der Waals surface area contributed by atoms with E-state index in [1.807, 2.05) is 35.2 Å². The SMILES string of the molecule is Cl.Cl.NC(CC(=O)Nc1cc(F)cc(N2CCOCC2)c1)c1ccccc1. The molecule has 1 aliphatic heterocycles. The number of halogens is 3. The molecule has 2 aromatic rings. The van der Waals surface area contributed by atoms with Crippen LogP contribution in [0.15, 0.2) is 48.5 Å². The van der Waals surface area contributed by atoms with Crippen molar-refractivity contribution in [2.45, 2.75) is 12.5 Å². The Kier molecular flexibility index (Phi) is 9.52. The van der Waals surface area contributed by atoms with Gasteiger partial charge in [0.25, 0.3) is 0 Å². The molecule has 0 saturated carbocycles. The Balaban J connectivity index is 0.00000182. The van der Waals surface area contributed by atoms with E-state index >= 15 is 0 Å². The number of ether oxygens (including phenoxy) is 1. The van der Waals surface area contributed by atoms with Crippen LogP contribution < -0.4 is 16.0 Å². The Hall–Kier alpha value is -1.86. The van der Waals surface area contributed by atoms with Crippen molar-refractivity contribution >= 4 is 42.1 Å². The molecule has 1 aliphatic rings. The van der Waals surface area contributed by atoms with Crippen LogP contribution >= 0.6 is 24.8 Å². The van der Waals surface area contributed by atoms with E-state index in [0.717, 1.165) is 11.3 Å². The Labute approximate surface area is 170 Å². The third kappa shape index (κ3) is 6.66. The molecule has 0 radical (unpaired) electrons. The monoisotopic (exact) mass is 415 g/mol. The molecular formula is C19H24Cl2FN3O2. The number of carbonyl (C=O) groups excluding carboxylic acids is 1. The van der Waals surface area contributed by atoms with Crippen LogP contribution in [0, 0.1) is 5.82 Å². The van der Waals surface area contributed by atoms with Gasteiger partial charge < -0.3 is 20.7 Å². The molecule has 0 aromatic heterocycles. The molecular weight excluding hydrogens is 392 g/mol. The lowest BCUT2D eigenvalue weighted by Gasteiger charge is -2.29. The van der Waals surface area contributed by atoms with Crippen molar-refractivity contribution in [2.75, 3.05) is 36.5 Å². The Bertz CT molecular complexity index is 728. The highest BCUT2D eigenvalue weighted by Crippen LogP contribution is 2.23. The normalized spacial score (nSPS) is 14.5. The molecule has 3 N–H and O–H groups in total. The zero-order valence-corrected chi connectivity index (χ0v) is 16.4. The molecule has 1 unspecified atom stereocenters. The van der Waals surface area contributed by atoms with Crippen LogP contribution in [0.25, 0.3) is 0 Å². The van der Waals surface area contributed by atoms with E-state index in [4.69, 9.17) is 10.5 Å². The van der Waals surface area contributed by atoms with Gasteiger partial charge in [-0.05, 0) is 23.8 Å². The minimum Gasteiger partial charge on any atom is -0.378 e. The summed E-state index contributed by atoms with van der Waals surface area (Å²) in [5.74, 6) is -0.624. The van der Waals surface area contributed by atoms with Gasteiger partial charge in [-0.1, -0.05) is 30.3 Å². The van der Waals surface area contributed by atoms with E-state index in [1.165, 1.54) is 12.1 Å². The number of morpholine rings is 1. The number of hydrogen-bond donors (Lipinski definition) is 2.